The maximum atomic E-state index is 12.3. The average Bonchev–Trinajstić information content (AvgIpc) is 3.20. The van der Waals surface area contributed by atoms with E-state index in [1.54, 1.807) is 38.4 Å². The molecule has 10 nitrogen and oxygen atoms in total. The third kappa shape index (κ3) is 4.36. The Balaban J connectivity index is 1.55. The van der Waals surface area contributed by atoms with E-state index in [-0.39, 0.29) is 41.1 Å². The lowest BCUT2D eigenvalue weighted by molar-refractivity contribution is -0.130. The first-order valence-corrected chi connectivity index (χ1v) is 10.7. The van der Waals surface area contributed by atoms with E-state index in [0.29, 0.717) is 11.3 Å². The Morgan fingerprint density at radius 2 is 2.00 bits per heavy atom. The van der Waals surface area contributed by atoms with Crippen LogP contribution in [-0.4, -0.2) is 56.1 Å². The summed E-state index contributed by atoms with van der Waals surface area (Å²) in [6.45, 7) is -0.137. The van der Waals surface area contributed by atoms with Gasteiger partial charge in [-0.1, -0.05) is 17.3 Å². The highest BCUT2D eigenvalue weighted by Gasteiger charge is 2.30. The van der Waals surface area contributed by atoms with E-state index in [9.17, 15) is 13.2 Å². The molecule has 1 N–H and O–H groups in total. The molecule has 2 heterocycles. The van der Waals surface area contributed by atoms with Crippen molar-refractivity contribution in [2.24, 2.45) is 0 Å². The van der Waals surface area contributed by atoms with Crippen molar-refractivity contribution in [1.29, 1.82) is 0 Å². The summed E-state index contributed by atoms with van der Waals surface area (Å²) in [5, 5.41) is 3.72. The van der Waals surface area contributed by atoms with Crippen LogP contribution in [0.1, 0.15) is 12.8 Å². The molecule has 2 aromatic heterocycles. The zero-order valence-electron chi connectivity index (χ0n) is 16.4. The summed E-state index contributed by atoms with van der Waals surface area (Å²) in [5.74, 6) is 0.595. The van der Waals surface area contributed by atoms with Crippen LogP contribution in [0.4, 0.5) is 0 Å². The summed E-state index contributed by atoms with van der Waals surface area (Å²) < 4.78 is 43.3. The maximum Gasteiger partial charge on any atom is 0.294 e. The molecule has 0 saturated heterocycles. The number of ether oxygens (including phenoxy) is 1. The maximum absolute atomic E-state index is 12.3. The molecule has 0 unspecified atom stereocenters. The highest BCUT2D eigenvalue weighted by atomic mass is 32.2. The number of sulfonamides is 1. The minimum absolute atomic E-state index is 0.0250. The second kappa shape index (κ2) is 7.92. The number of amides is 1. The molecule has 11 heteroatoms. The third-order valence-electron chi connectivity index (χ3n) is 4.36. The Morgan fingerprint density at radius 1 is 1.23 bits per heavy atom. The molecule has 1 saturated carbocycles. The second-order valence-electron chi connectivity index (χ2n) is 7.01. The molecule has 0 aliphatic heterocycles. The van der Waals surface area contributed by atoms with Crippen LogP contribution in [0.25, 0.3) is 23.0 Å². The van der Waals surface area contributed by atoms with Gasteiger partial charge in [0.15, 0.2) is 12.4 Å². The van der Waals surface area contributed by atoms with Crippen LogP contribution in [0.5, 0.6) is 5.75 Å². The summed E-state index contributed by atoms with van der Waals surface area (Å²) in [6, 6.07) is 9.71. The molecule has 1 fully saturated rings. The Bertz CT molecular complexity index is 1160. The molecular weight excluding hydrogens is 412 g/mol. The van der Waals surface area contributed by atoms with Crippen LogP contribution >= 0.6 is 0 Å². The van der Waals surface area contributed by atoms with E-state index in [1.165, 1.54) is 17.0 Å². The average molecular weight is 432 g/mol. The minimum atomic E-state index is -3.72. The van der Waals surface area contributed by atoms with Gasteiger partial charge in [-0.15, -0.1) is 0 Å². The number of benzene rings is 1. The second-order valence-corrected chi connectivity index (χ2v) is 8.66. The summed E-state index contributed by atoms with van der Waals surface area (Å²) in [7, 11) is -0.441. The Morgan fingerprint density at radius 3 is 2.73 bits per heavy atom. The van der Waals surface area contributed by atoms with Crippen molar-refractivity contribution in [2.75, 3.05) is 20.7 Å². The standard InChI is InChI=1S/C19H20N4O6S/c1-23(2)16(24)11-27-14-6-4-3-5-13(14)18-20-19(29-21-18)15-9-10-17(28-15)30(25,26)22-12-7-8-12/h3-6,9-10,12,22H,7-8,11H2,1-2H3. The summed E-state index contributed by atoms with van der Waals surface area (Å²) in [4.78, 5) is 17.5. The zero-order valence-corrected chi connectivity index (χ0v) is 17.2. The van der Waals surface area contributed by atoms with Gasteiger partial charge in [0.25, 0.3) is 21.8 Å². The number of rotatable bonds is 8. The van der Waals surface area contributed by atoms with Crippen LogP contribution < -0.4 is 9.46 Å². The first-order chi connectivity index (χ1) is 14.3. The van der Waals surface area contributed by atoms with Gasteiger partial charge >= 0.3 is 0 Å². The summed E-state index contributed by atoms with van der Waals surface area (Å²) in [6.07, 6.45) is 1.64. The zero-order chi connectivity index (χ0) is 21.3. The number of nitrogens with zero attached hydrogens (tertiary/aromatic N) is 3. The number of carbonyl (C=O) groups is 1. The van der Waals surface area contributed by atoms with Gasteiger partial charge in [-0.05, 0) is 37.1 Å². The number of nitrogens with one attached hydrogen (secondary N) is 1. The summed E-state index contributed by atoms with van der Waals surface area (Å²) in [5.41, 5.74) is 0.522. The molecule has 4 rings (SSSR count). The quantitative estimate of drug-likeness (QED) is 0.572. The molecule has 1 aromatic carbocycles. The van der Waals surface area contributed by atoms with Crippen molar-refractivity contribution >= 4 is 15.9 Å². The fraction of sp³-hybridized carbons (Fsp3) is 0.316. The highest BCUT2D eigenvalue weighted by molar-refractivity contribution is 7.89. The third-order valence-corrected chi connectivity index (χ3v) is 5.75. The molecule has 0 spiro atoms. The van der Waals surface area contributed by atoms with E-state index < -0.39 is 10.0 Å². The molecule has 0 radical (unpaired) electrons. The monoisotopic (exact) mass is 432 g/mol. The van der Waals surface area contributed by atoms with Crippen LogP contribution in [0.15, 0.2) is 50.4 Å². The largest absolute Gasteiger partial charge is 0.483 e. The van der Waals surface area contributed by atoms with Crippen LogP contribution in [-0.2, 0) is 14.8 Å². The lowest BCUT2D eigenvalue weighted by atomic mass is 10.2. The Labute approximate surface area is 172 Å². The van der Waals surface area contributed by atoms with Crippen molar-refractivity contribution in [3.63, 3.8) is 0 Å². The number of hydrogen-bond acceptors (Lipinski definition) is 8. The van der Waals surface area contributed by atoms with E-state index in [1.807, 2.05) is 0 Å². The fourth-order valence-corrected chi connectivity index (χ4v) is 3.77. The van der Waals surface area contributed by atoms with Crippen LogP contribution in [0.2, 0.25) is 0 Å². The van der Waals surface area contributed by atoms with E-state index in [0.717, 1.165) is 12.8 Å². The molecule has 1 amide bonds. The predicted octanol–water partition coefficient (Wildman–Crippen LogP) is 1.90. The lowest BCUT2D eigenvalue weighted by Crippen LogP contribution is -2.27. The molecule has 1 aliphatic carbocycles. The van der Waals surface area contributed by atoms with Gasteiger partial charge in [-0.25, -0.2) is 13.1 Å². The van der Waals surface area contributed by atoms with Gasteiger partial charge in [0.2, 0.25) is 10.9 Å². The number of carbonyl (C=O) groups excluding carboxylic acids is 1. The van der Waals surface area contributed by atoms with Gasteiger partial charge < -0.3 is 18.6 Å². The van der Waals surface area contributed by atoms with Crippen LogP contribution in [0, 0.1) is 0 Å². The number of aromatic nitrogens is 2. The van der Waals surface area contributed by atoms with Crippen molar-refractivity contribution in [3.8, 4) is 28.8 Å². The van der Waals surface area contributed by atoms with Crippen molar-refractivity contribution in [1.82, 2.24) is 19.8 Å². The molecule has 158 valence electrons. The normalized spacial score (nSPS) is 13.9. The van der Waals surface area contributed by atoms with E-state index in [2.05, 4.69) is 14.9 Å². The molecule has 30 heavy (non-hydrogen) atoms. The van der Waals surface area contributed by atoms with Gasteiger partial charge in [0.1, 0.15) is 5.75 Å². The Hall–Kier alpha value is -3.18. The number of furan rings is 1. The van der Waals surface area contributed by atoms with Crippen molar-refractivity contribution in [2.45, 2.75) is 24.0 Å². The van der Waals surface area contributed by atoms with Crippen molar-refractivity contribution < 1.29 is 26.9 Å². The molecule has 0 bridgehead atoms. The number of likely N-dealkylation sites (N-methyl/N-ethyl adjacent to an activating group) is 1. The highest BCUT2D eigenvalue weighted by Crippen LogP contribution is 2.31. The molecule has 1 aliphatic rings. The van der Waals surface area contributed by atoms with Gasteiger partial charge in [-0.2, -0.15) is 4.98 Å². The minimum Gasteiger partial charge on any atom is -0.483 e. The van der Waals surface area contributed by atoms with Crippen molar-refractivity contribution in [3.05, 3.63) is 36.4 Å². The molecular formula is C19H20N4O6S. The SMILES string of the molecule is CN(C)C(=O)COc1ccccc1-c1noc(-c2ccc(S(=O)(=O)NC3CC3)o2)n1. The van der Waals surface area contributed by atoms with Crippen LogP contribution in [0.3, 0.4) is 0 Å². The number of para-hydroxylation sites is 1. The van der Waals surface area contributed by atoms with Gasteiger partial charge in [0.05, 0.1) is 5.56 Å². The smallest absolute Gasteiger partial charge is 0.294 e. The fourth-order valence-electron chi connectivity index (χ4n) is 2.54. The summed E-state index contributed by atoms with van der Waals surface area (Å²) >= 11 is 0. The Kier molecular flexibility index (Phi) is 5.31. The lowest BCUT2D eigenvalue weighted by Gasteiger charge is -2.12. The molecule has 3 aromatic rings. The molecule has 0 atom stereocenters. The van der Waals surface area contributed by atoms with Gasteiger partial charge in [-0.3, -0.25) is 4.79 Å². The van der Waals surface area contributed by atoms with E-state index >= 15 is 0 Å². The topological polar surface area (TPSA) is 128 Å². The van der Waals surface area contributed by atoms with E-state index in [4.69, 9.17) is 13.7 Å². The predicted molar refractivity (Wildman–Crippen MR) is 105 cm³/mol. The van der Waals surface area contributed by atoms with Gasteiger partial charge in [0, 0.05) is 20.1 Å². The first-order valence-electron chi connectivity index (χ1n) is 9.22. The number of hydrogen-bond donors (Lipinski definition) is 1. The first kappa shape index (κ1) is 20.1.